The Bertz CT molecular complexity index is 354. The normalized spacial score (nSPS) is 12.0. The van der Waals surface area contributed by atoms with Crippen molar-refractivity contribution in [3.63, 3.8) is 0 Å². The van der Waals surface area contributed by atoms with Gasteiger partial charge in [0.2, 0.25) is 0 Å². The van der Waals surface area contributed by atoms with Crippen LogP contribution in [-0.2, 0) is 9.59 Å². The molecule has 0 aromatic rings. The molecule has 0 saturated carbocycles. The molecule has 0 saturated heterocycles. The molecule has 0 aliphatic carbocycles. The summed E-state index contributed by atoms with van der Waals surface area (Å²) in [7, 11) is 3.70. The van der Waals surface area contributed by atoms with Gasteiger partial charge in [-0.1, -0.05) is 13.0 Å². The van der Waals surface area contributed by atoms with Crippen molar-refractivity contribution < 1.29 is 19.8 Å². The summed E-state index contributed by atoms with van der Waals surface area (Å²) >= 11 is 0. The highest BCUT2D eigenvalue weighted by molar-refractivity contribution is 5.86. The largest absolute Gasteiger partial charge is 0.478 e. The molecule has 0 spiro atoms. The van der Waals surface area contributed by atoms with Crippen LogP contribution in [0.5, 0.6) is 0 Å². The minimum Gasteiger partial charge on any atom is -0.478 e. The fourth-order valence-electron chi connectivity index (χ4n) is 1.16. The third kappa shape index (κ3) is 7.49. The Hall–Kier alpha value is -1.78. The van der Waals surface area contributed by atoms with E-state index >= 15 is 0 Å². The molecule has 0 unspecified atom stereocenters. The van der Waals surface area contributed by atoms with Crippen LogP contribution in [0.1, 0.15) is 34.1 Å². The van der Waals surface area contributed by atoms with Crippen LogP contribution < -0.4 is 0 Å². The summed E-state index contributed by atoms with van der Waals surface area (Å²) in [5.74, 6) is -1.68. The molecule has 5 nitrogen and oxygen atoms in total. The highest BCUT2D eigenvalue weighted by atomic mass is 16.4. The first kappa shape index (κ1) is 18.6. The fraction of sp³-hybridized carbons (Fsp3) is 0.538. The molecule has 2 N–H and O–H groups in total. The summed E-state index contributed by atoms with van der Waals surface area (Å²) in [5.41, 5.74) is 1.69. The van der Waals surface area contributed by atoms with Crippen molar-refractivity contribution in [2.24, 2.45) is 0 Å². The second kappa shape index (κ2) is 9.27. The van der Waals surface area contributed by atoms with Gasteiger partial charge in [-0.25, -0.2) is 9.59 Å². The van der Waals surface area contributed by atoms with Crippen LogP contribution >= 0.6 is 0 Å². The lowest BCUT2D eigenvalue weighted by atomic mass is 10.2. The van der Waals surface area contributed by atoms with Crippen LogP contribution in [0.3, 0.4) is 0 Å². The minimum atomic E-state index is -0.845. The molecular weight excluding hydrogens is 234 g/mol. The van der Waals surface area contributed by atoms with Gasteiger partial charge in [-0.05, 0) is 27.2 Å². The molecule has 0 aromatic heterocycles. The van der Waals surface area contributed by atoms with Crippen LogP contribution in [0.4, 0.5) is 0 Å². The zero-order valence-corrected chi connectivity index (χ0v) is 11.9. The molecule has 0 heterocycles. The van der Waals surface area contributed by atoms with Crippen LogP contribution in [0, 0.1) is 0 Å². The number of hydrogen-bond acceptors (Lipinski definition) is 3. The van der Waals surface area contributed by atoms with Gasteiger partial charge in [0.1, 0.15) is 0 Å². The number of aliphatic carboxylic acids is 2. The van der Waals surface area contributed by atoms with E-state index in [0.717, 1.165) is 12.1 Å². The van der Waals surface area contributed by atoms with Crippen LogP contribution in [0.15, 0.2) is 22.9 Å². The van der Waals surface area contributed by atoms with Gasteiger partial charge in [0, 0.05) is 25.4 Å². The van der Waals surface area contributed by atoms with Crippen molar-refractivity contribution in [3.05, 3.63) is 22.9 Å². The standard InChI is InChI=1S/C8H15NO2.C5H8O2/c1-5-7(9(3)4)6(2)8(10)11;1-3-4(2)5(6)7/h5H2,1-4H3,(H,10,11);3H,1-2H3,(H,6,7)/b7-6+;4-3+. The summed E-state index contributed by atoms with van der Waals surface area (Å²) < 4.78 is 0. The second-order valence-corrected chi connectivity index (χ2v) is 3.90. The van der Waals surface area contributed by atoms with E-state index in [2.05, 4.69) is 0 Å². The van der Waals surface area contributed by atoms with E-state index in [9.17, 15) is 9.59 Å². The number of hydrogen-bond donors (Lipinski definition) is 2. The molecule has 18 heavy (non-hydrogen) atoms. The van der Waals surface area contributed by atoms with Crippen molar-refractivity contribution in [2.45, 2.75) is 34.1 Å². The Morgan fingerprint density at radius 3 is 1.61 bits per heavy atom. The zero-order chi connectivity index (χ0) is 14.9. The van der Waals surface area contributed by atoms with E-state index < -0.39 is 11.9 Å². The van der Waals surface area contributed by atoms with Gasteiger partial charge < -0.3 is 15.1 Å². The average molecular weight is 257 g/mol. The molecular formula is C13H23NO4. The first-order chi connectivity index (χ1) is 8.18. The van der Waals surface area contributed by atoms with Gasteiger partial charge in [0.05, 0.1) is 5.57 Å². The van der Waals surface area contributed by atoms with Crippen molar-refractivity contribution >= 4 is 11.9 Å². The van der Waals surface area contributed by atoms with Gasteiger partial charge >= 0.3 is 11.9 Å². The van der Waals surface area contributed by atoms with Crippen molar-refractivity contribution in [2.75, 3.05) is 14.1 Å². The summed E-state index contributed by atoms with van der Waals surface area (Å²) in [6.07, 6.45) is 2.31. The SMILES string of the molecule is C/C=C(\C)C(=O)O.CC/C(=C(/C)C(=O)O)N(C)C. The van der Waals surface area contributed by atoms with Crippen molar-refractivity contribution in [1.29, 1.82) is 0 Å². The maximum absolute atomic E-state index is 10.5. The second-order valence-electron chi connectivity index (χ2n) is 3.90. The molecule has 0 radical (unpaired) electrons. The molecule has 0 amide bonds. The molecule has 0 atom stereocenters. The summed E-state index contributed by atoms with van der Waals surface area (Å²) in [6, 6.07) is 0. The number of carboxylic acids is 2. The van der Waals surface area contributed by atoms with Gasteiger partial charge in [0.15, 0.2) is 0 Å². The predicted octanol–water partition coefficient (Wildman–Crippen LogP) is 2.35. The Balaban J connectivity index is 0. The molecule has 5 heteroatoms. The Morgan fingerprint density at radius 2 is 1.56 bits per heavy atom. The van der Waals surface area contributed by atoms with Crippen LogP contribution in [0.25, 0.3) is 0 Å². The average Bonchev–Trinajstić information content (AvgIpc) is 2.28. The fourth-order valence-corrected chi connectivity index (χ4v) is 1.16. The van der Waals surface area contributed by atoms with E-state index in [1.54, 1.807) is 26.8 Å². The molecule has 0 aliphatic rings. The number of carbonyl (C=O) groups is 2. The van der Waals surface area contributed by atoms with Crippen molar-refractivity contribution in [1.82, 2.24) is 4.90 Å². The summed E-state index contributed by atoms with van der Waals surface area (Å²) in [4.78, 5) is 22.2. The molecule has 0 aliphatic heterocycles. The van der Waals surface area contributed by atoms with Crippen LogP contribution in [0.2, 0.25) is 0 Å². The predicted molar refractivity (Wildman–Crippen MR) is 71.4 cm³/mol. The first-order valence-electron chi connectivity index (χ1n) is 5.65. The van der Waals surface area contributed by atoms with E-state index in [0.29, 0.717) is 11.1 Å². The topological polar surface area (TPSA) is 77.8 Å². The minimum absolute atomic E-state index is 0.389. The molecule has 0 aromatic carbocycles. The molecule has 0 rings (SSSR count). The smallest absolute Gasteiger partial charge is 0.333 e. The van der Waals surface area contributed by atoms with E-state index in [1.807, 2.05) is 25.9 Å². The quantitative estimate of drug-likeness (QED) is 0.756. The van der Waals surface area contributed by atoms with E-state index in [4.69, 9.17) is 10.2 Å². The van der Waals surface area contributed by atoms with E-state index in [-0.39, 0.29) is 0 Å². The number of rotatable bonds is 4. The summed E-state index contributed by atoms with van der Waals surface area (Å²) in [6.45, 7) is 6.83. The lowest BCUT2D eigenvalue weighted by Gasteiger charge is -2.17. The number of nitrogens with zero attached hydrogens (tertiary/aromatic N) is 1. The number of allylic oxidation sites excluding steroid dienone is 2. The maximum Gasteiger partial charge on any atom is 0.333 e. The third-order valence-electron chi connectivity index (χ3n) is 2.40. The third-order valence-corrected chi connectivity index (χ3v) is 2.40. The number of carboxylic acid groups (broad SMARTS) is 2. The van der Waals surface area contributed by atoms with Gasteiger partial charge in [0.25, 0.3) is 0 Å². The van der Waals surface area contributed by atoms with Gasteiger partial charge in [-0.3, -0.25) is 0 Å². The van der Waals surface area contributed by atoms with Gasteiger partial charge in [-0.2, -0.15) is 0 Å². The van der Waals surface area contributed by atoms with Crippen LogP contribution in [-0.4, -0.2) is 41.1 Å². The lowest BCUT2D eigenvalue weighted by molar-refractivity contribution is -0.133. The molecule has 104 valence electrons. The van der Waals surface area contributed by atoms with Crippen molar-refractivity contribution in [3.8, 4) is 0 Å². The van der Waals surface area contributed by atoms with E-state index in [1.165, 1.54) is 0 Å². The summed E-state index contributed by atoms with van der Waals surface area (Å²) in [5, 5.41) is 16.8. The maximum atomic E-state index is 10.5. The van der Waals surface area contributed by atoms with Gasteiger partial charge in [-0.15, -0.1) is 0 Å². The highest BCUT2D eigenvalue weighted by Gasteiger charge is 2.08. The Labute approximate surface area is 108 Å². The zero-order valence-electron chi connectivity index (χ0n) is 11.9. The molecule has 0 fully saturated rings. The lowest BCUT2D eigenvalue weighted by Crippen LogP contribution is -2.15. The monoisotopic (exact) mass is 257 g/mol. The Morgan fingerprint density at radius 1 is 1.11 bits per heavy atom. The highest BCUT2D eigenvalue weighted by Crippen LogP contribution is 2.10. The molecule has 0 bridgehead atoms. The Kier molecular flexibility index (Phi) is 9.57. The first-order valence-corrected chi connectivity index (χ1v) is 5.65.